The number of hydrogen-bond donors (Lipinski definition) is 2. The SMILES string of the molecule is CCCCOc1cccc(-c2cc(CC(=O)O)c(=O)[nH]n2)c1. The van der Waals surface area contributed by atoms with Gasteiger partial charge in [-0.2, -0.15) is 5.10 Å². The molecule has 0 aliphatic heterocycles. The van der Waals surface area contributed by atoms with Crippen molar-refractivity contribution in [1.82, 2.24) is 10.2 Å². The Balaban J connectivity index is 2.25. The van der Waals surface area contributed by atoms with Gasteiger partial charge >= 0.3 is 5.97 Å². The molecule has 2 rings (SSSR count). The number of carboxylic acids is 1. The van der Waals surface area contributed by atoms with Gasteiger partial charge in [-0.05, 0) is 24.6 Å². The molecule has 0 radical (unpaired) electrons. The molecule has 6 nitrogen and oxygen atoms in total. The molecule has 2 N–H and O–H groups in total. The maximum atomic E-state index is 11.6. The van der Waals surface area contributed by atoms with Crippen LogP contribution in [-0.2, 0) is 11.2 Å². The Morgan fingerprint density at radius 1 is 1.36 bits per heavy atom. The number of ether oxygens (including phenoxy) is 1. The molecule has 0 aliphatic carbocycles. The molecule has 0 amide bonds. The smallest absolute Gasteiger partial charge is 0.308 e. The lowest BCUT2D eigenvalue weighted by Gasteiger charge is -2.07. The zero-order valence-corrected chi connectivity index (χ0v) is 12.3. The number of carbonyl (C=O) groups is 1. The van der Waals surface area contributed by atoms with Crippen molar-refractivity contribution in [3.63, 3.8) is 0 Å². The second-order valence-corrected chi connectivity index (χ2v) is 4.91. The first-order valence-electron chi connectivity index (χ1n) is 7.13. The summed E-state index contributed by atoms with van der Waals surface area (Å²) in [5.41, 5.74) is 0.963. The van der Waals surface area contributed by atoms with Crippen molar-refractivity contribution in [3.8, 4) is 17.0 Å². The molecule has 0 saturated heterocycles. The van der Waals surface area contributed by atoms with E-state index < -0.39 is 11.5 Å². The van der Waals surface area contributed by atoms with E-state index in [1.807, 2.05) is 24.3 Å². The van der Waals surface area contributed by atoms with E-state index in [0.29, 0.717) is 12.3 Å². The molecule has 0 atom stereocenters. The number of carboxylic acid groups (broad SMARTS) is 1. The normalized spacial score (nSPS) is 10.4. The average molecular weight is 302 g/mol. The third kappa shape index (κ3) is 4.18. The van der Waals surface area contributed by atoms with Crippen molar-refractivity contribution < 1.29 is 14.6 Å². The molecule has 0 aliphatic rings. The largest absolute Gasteiger partial charge is 0.494 e. The first-order valence-corrected chi connectivity index (χ1v) is 7.13. The lowest BCUT2D eigenvalue weighted by molar-refractivity contribution is -0.136. The summed E-state index contributed by atoms with van der Waals surface area (Å²) in [7, 11) is 0. The summed E-state index contributed by atoms with van der Waals surface area (Å²) in [5, 5.41) is 15.1. The van der Waals surface area contributed by atoms with Crippen LogP contribution in [0, 0.1) is 0 Å². The van der Waals surface area contributed by atoms with E-state index in [-0.39, 0.29) is 12.0 Å². The fraction of sp³-hybridized carbons (Fsp3) is 0.312. The Hall–Kier alpha value is -2.63. The summed E-state index contributed by atoms with van der Waals surface area (Å²) in [6, 6.07) is 8.83. The molecule has 0 bridgehead atoms. The molecule has 6 heteroatoms. The van der Waals surface area contributed by atoms with Crippen LogP contribution in [0.1, 0.15) is 25.3 Å². The molecule has 0 spiro atoms. The summed E-state index contributed by atoms with van der Waals surface area (Å²) in [6.07, 6.45) is 1.70. The minimum Gasteiger partial charge on any atom is -0.494 e. The van der Waals surface area contributed by atoms with Gasteiger partial charge in [0.15, 0.2) is 0 Å². The van der Waals surface area contributed by atoms with Crippen molar-refractivity contribution in [2.75, 3.05) is 6.61 Å². The van der Waals surface area contributed by atoms with Crippen molar-refractivity contribution in [1.29, 1.82) is 0 Å². The number of hydrogen-bond acceptors (Lipinski definition) is 4. The van der Waals surface area contributed by atoms with Crippen LogP contribution in [0.25, 0.3) is 11.3 Å². The number of nitrogens with zero attached hydrogens (tertiary/aromatic N) is 1. The van der Waals surface area contributed by atoms with Crippen LogP contribution in [0.2, 0.25) is 0 Å². The molecule has 0 unspecified atom stereocenters. The highest BCUT2D eigenvalue weighted by molar-refractivity contribution is 5.71. The number of aliphatic carboxylic acids is 1. The number of aromatic nitrogens is 2. The molecular formula is C16H18N2O4. The minimum absolute atomic E-state index is 0.176. The molecule has 1 aromatic carbocycles. The maximum absolute atomic E-state index is 11.6. The van der Waals surface area contributed by atoms with Gasteiger partial charge in [0, 0.05) is 11.1 Å². The Morgan fingerprint density at radius 3 is 2.91 bits per heavy atom. The number of aromatic amines is 1. The summed E-state index contributed by atoms with van der Waals surface area (Å²) >= 11 is 0. The number of nitrogens with one attached hydrogen (secondary N) is 1. The fourth-order valence-corrected chi connectivity index (χ4v) is 1.97. The molecule has 116 valence electrons. The van der Waals surface area contributed by atoms with Crippen molar-refractivity contribution in [3.05, 3.63) is 46.2 Å². The number of unbranched alkanes of at least 4 members (excludes halogenated alkanes) is 1. The molecule has 1 heterocycles. The van der Waals surface area contributed by atoms with Gasteiger partial charge in [0.25, 0.3) is 5.56 Å². The maximum Gasteiger partial charge on any atom is 0.308 e. The zero-order chi connectivity index (χ0) is 15.9. The molecule has 0 saturated carbocycles. The quantitative estimate of drug-likeness (QED) is 0.765. The van der Waals surface area contributed by atoms with Gasteiger partial charge in [-0.25, -0.2) is 5.10 Å². The van der Waals surface area contributed by atoms with E-state index in [0.717, 1.165) is 24.2 Å². The van der Waals surface area contributed by atoms with Crippen molar-refractivity contribution in [2.24, 2.45) is 0 Å². The Kier molecular flexibility index (Phi) is 5.30. The van der Waals surface area contributed by atoms with E-state index in [2.05, 4.69) is 17.1 Å². The van der Waals surface area contributed by atoms with Gasteiger partial charge < -0.3 is 9.84 Å². The van der Waals surface area contributed by atoms with Gasteiger partial charge in [0.05, 0.1) is 18.7 Å². The van der Waals surface area contributed by atoms with Crippen LogP contribution in [0.15, 0.2) is 35.1 Å². The van der Waals surface area contributed by atoms with Crippen LogP contribution in [0.4, 0.5) is 0 Å². The summed E-state index contributed by atoms with van der Waals surface area (Å²) in [5.74, 6) is -0.335. The molecule has 22 heavy (non-hydrogen) atoms. The number of benzene rings is 1. The van der Waals surface area contributed by atoms with Crippen molar-refractivity contribution >= 4 is 5.97 Å². The Labute approximate surface area is 127 Å². The van der Waals surface area contributed by atoms with E-state index >= 15 is 0 Å². The highest BCUT2D eigenvalue weighted by atomic mass is 16.5. The third-order valence-corrected chi connectivity index (χ3v) is 3.12. The lowest BCUT2D eigenvalue weighted by atomic mass is 10.1. The Bertz CT molecular complexity index is 709. The average Bonchev–Trinajstić information content (AvgIpc) is 2.50. The first kappa shape index (κ1) is 15.8. The van der Waals surface area contributed by atoms with Crippen LogP contribution >= 0.6 is 0 Å². The van der Waals surface area contributed by atoms with E-state index in [9.17, 15) is 9.59 Å². The topological polar surface area (TPSA) is 92.3 Å². The number of rotatable bonds is 7. The van der Waals surface area contributed by atoms with Gasteiger partial charge in [-0.3, -0.25) is 9.59 Å². The summed E-state index contributed by atoms with van der Waals surface area (Å²) in [6.45, 7) is 2.73. The highest BCUT2D eigenvalue weighted by Crippen LogP contribution is 2.22. The van der Waals surface area contributed by atoms with Crippen molar-refractivity contribution in [2.45, 2.75) is 26.2 Å². The molecular weight excluding hydrogens is 284 g/mol. The van der Waals surface area contributed by atoms with Gasteiger partial charge in [0.1, 0.15) is 5.75 Å². The monoisotopic (exact) mass is 302 g/mol. The predicted molar refractivity (Wildman–Crippen MR) is 82.0 cm³/mol. The predicted octanol–water partition coefficient (Wildman–Crippen LogP) is 2.24. The number of H-pyrrole nitrogens is 1. The van der Waals surface area contributed by atoms with Crippen LogP contribution < -0.4 is 10.3 Å². The van der Waals surface area contributed by atoms with Crippen LogP contribution in [0.5, 0.6) is 5.75 Å². The summed E-state index contributed by atoms with van der Waals surface area (Å²) < 4.78 is 5.63. The minimum atomic E-state index is -1.06. The highest BCUT2D eigenvalue weighted by Gasteiger charge is 2.09. The van der Waals surface area contributed by atoms with Gasteiger partial charge in [0.2, 0.25) is 0 Å². The van der Waals surface area contributed by atoms with Crippen LogP contribution in [0.3, 0.4) is 0 Å². The van der Waals surface area contributed by atoms with E-state index in [1.54, 1.807) is 0 Å². The molecule has 0 fully saturated rings. The third-order valence-electron chi connectivity index (χ3n) is 3.12. The zero-order valence-electron chi connectivity index (χ0n) is 12.3. The van der Waals surface area contributed by atoms with E-state index in [1.165, 1.54) is 6.07 Å². The molecule has 2 aromatic rings. The fourth-order valence-electron chi connectivity index (χ4n) is 1.97. The summed E-state index contributed by atoms with van der Waals surface area (Å²) in [4.78, 5) is 22.3. The van der Waals surface area contributed by atoms with E-state index in [4.69, 9.17) is 9.84 Å². The first-order chi connectivity index (χ1) is 10.6. The van der Waals surface area contributed by atoms with Crippen LogP contribution in [-0.4, -0.2) is 27.9 Å². The standard InChI is InChI=1S/C16H18N2O4/c1-2-3-7-22-13-6-4-5-11(8-13)14-9-12(10-15(19)20)16(21)18-17-14/h4-6,8-9H,2-3,7,10H2,1H3,(H,18,21)(H,19,20). The lowest BCUT2D eigenvalue weighted by Crippen LogP contribution is -2.17. The van der Waals surface area contributed by atoms with Gasteiger partial charge in [-0.15, -0.1) is 0 Å². The molecule has 1 aromatic heterocycles. The van der Waals surface area contributed by atoms with Gasteiger partial charge in [-0.1, -0.05) is 25.5 Å². The second-order valence-electron chi connectivity index (χ2n) is 4.91. The second kappa shape index (κ2) is 7.40. The Morgan fingerprint density at radius 2 is 2.18 bits per heavy atom.